The number of carbonyl (C=O) groups excluding carboxylic acids is 1. The van der Waals surface area contributed by atoms with Crippen molar-refractivity contribution in [1.82, 2.24) is 0 Å². The number of halogens is 1. The van der Waals surface area contributed by atoms with Crippen LogP contribution < -0.4 is 11.1 Å². The van der Waals surface area contributed by atoms with Crippen molar-refractivity contribution in [2.75, 3.05) is 5.32 Å². The van der Waals surface area contributed by atoms with Gasteiger partial charge in [-0.2, -0.15) is 0 Å². The molecule has 1 aromatic carbocycles. The molecule has 1 amide bonds. The Labute approximate surface area is 110 Å². The zero-order chi connectivity index (χ0) is 12.4. The van der Waals surface area contributed by atoms with Crippen LogP contribution in [0.4, 0.5) is 5.69 Å². The number of carbonyl (C=O) groups is 1. The van der Waals surface area contributed by atoms with Gasteiger partial charge in [0.2, 0.25) is 5.91 Å². The smallest absolute Gasteiger partial charge is 0.229 e. The van der Waals surface area contributed by atoms with Crippen LogP contribution in [0.2, 0.25) is 0 Å². The van der Waals surface area contributed by atoms with Crippen molar-refractivity contribution >= 4 is 27.5 Å². The molecule has 0 bridgehead atoms. The van der Waals surface area contributed by atoms with E-state index in [-0.39, 0.29) is 17.9 Å². The molecule has 4 heteroatoms. The van der Waals surface area contributed by atoms with Crippen LogP contribution in [-0.4, -0.2) is 11.9 Å². The van der Waals surface area contributed by atoms with Crippen molar-refractivity contribution in [2.24, 2.45) is 11.7 Å². The van der Waals surface area contributed by atoms with Crippen LogP contribution in [-0.2, 0) is 4.79 Å². The molecule has 1 fully saturated rings. The molecule has 0 spiro atoms. The van der Waals surface area contributed by atoms with E-state index in [1.807, 2.05) is 25.1 Å². The lowest BCUT2D eigenvalue weighted by Crippen LogP contribution is -2.34. The van der Waals surface area contributed by atoms with Gasteiger partial charge in [0.1, 0.15) is 0 Å². The van der Waals surface area contributed by atoms with Gasteiger partial charge in [0.05, 0.1) is 11.6 Å². The van der Waals surface area contributed by atoms with E-state index in [0.29, 0.717) is 0 Å². The average Bonchev–Trinajstić information content (AvgIpc) is 2.68. The van der Waals surface area contributed by atoms with Gasteiger partial charge in [0.25, 0.3) is 0 Å². The first-order chi connectivity index (χ1) is 8.08. The molecular formula is C13H17BrN2O. The fourth-order valence-electron chi connectivity index (χ4n) is 2.26. The molecule has 1 saturated carbocycles. The van der Waals surface area contributed by atoms with Gasteiger partial charge in [0, 0.05) is 10.5 Å². The molecule has 3 nitrogen and oxygen atoms in total. The van der Waals surface area contributed by atoms with E-state index >= 15 is 0 Å². The van der Waals surface area contributed by atoms with Crippen LogP contribution in [0.15, 0.2) is 22.7 Å². The van der Waals surface area contributed by atoms with Crippen LogP contribution in [0.3, 0.4) is 0 Å². The lowest BCUT2D eigenvalue weighted by molar-refractivity contribution is -0.120. The summed E-state index contributed by atoms with van der Waals surface area (Å²) < 4.78 is 0.914. The summed E-state index contributed by atoms with van der Waals surface area (Å²) in [4.78, 5) is 12.1. The quantitative estimate of drug-likeness (QED) is 0.882. The Hall–Kier alpha value is -0.870. The fourth-order valence-corrected chi connectivity index (χ4v) is 2.85. The van der Waals surface area contributed by atoms with Gasteiger partial charge in [-0.1, -0.05) is 12.5 Å². The Kier molecular flexibility index (Phi) is 3.84. The largest absolute Gasteiger partial charge is 0.327 e. The van der Waals surface area contributed by atoms with Gasteiger partial charge in [-0.3, -0.25) is 4.79 Å². The second-order valence-corrected chi connectivity index (χ2v) is 5.53. The predicted molar refractivity (Wildman–Crippen MR) is 72.8 cm³/mol. The number of nitrogens with one attached hydrogen (secondary N) is 1. The number of amides is 1. The molecule has 3 N–H and O–H groups in total. The van der Waals surface area contributed by atoms with Crippen molar-refractivity contribution < 1.29 is 4.79 Å². The minimum Gasteiger partial charge on any atom is -0.327 e. The summed E-state index contributed by atoms with van der Waals surface area (Å²) in [6.07, 6.45) is 2.90. The highest BCUT2D eigenvalue weighted by molar-refractivity contribution is 9.10. The monoisotopic (exact) mass is 296 g/mol. The zero-order valence-electron chi connectivity index (χ0n) is 9.87. The maximum absolute atomic E-state index is 12.1. The molecule has 92 valence electrons. The molecule has 0 saturated heterocycles. The summed E-state index contributed by atoms with van der Waals surface area (Å²) in [5.41, 5.74) is 7.90. The molecule has 2 unspecified atom stereocenters. The van der Waals surface area contributed by atoms with E-state index in [1.54, 1.807) is 0 Å². The maximum atomic E-state index is 12.1. The number of hydrogen-bond acceptors (Lipinski definition) is 2. The molecule has 1 aliphatic carbocycles. The third-order valence-corrected chi connectivity index (χ3v) is 3.94. The van der Waals surface area contributed by atoms with Crippen LogP contribution in [0, 0.1) is 12.8 Å². The summed E-state index contributed by atoms with van der Waals surface area (Å²) in [6, 6.07) is 5.90. The topological polar surface area (TPSA) is 55.1 Å². The van der Waals surface area contributed by atoms with Gasteiger partial charge in [-0.15, -0.1) is 0 Å². The summed E-state index contributed by atoms with van der Waals surface area (Å²) in [7, 11) is 0. The number of hydrogen-bond donors (Lipinski definition) is 2. The Bertz CT molecular complexity index is 433. The molecule has 0 heterocycles. The average molecular weight is 297 g/mol. The molecule has 17 heavy (non-hydrogen) atoms. The summed E-state index contributed by atoms with van der Waals surface area (Å²) in [5, 5.41) is 2.94. The van der Waals surface area contributed by atoms with E-state index in [2.05, 4.69) is 21.2 Å². The van der Waals surface area contributed by atoms with Crippen LogP contribution in [0.25, 0.3) is 0 Å². The van der Waals surface area contributed by atoms with E-state index in [4.69, 9.17) is 5.73 Å². The fraction of sp³-hybridized carbons (Fsp3) is 0.462. The third kappa shape index (κ3) is 2.87. The number of rotatable bonds is 2. The molecule has 1 aliphatic rings. The van der Waals surface area contributed by atoms with Gasteiger partial charge >= 0.3 is 0 Å². The molecular weight excluding hydrogens is 280 g/mol. The standard InChI is InChI=1S/C13H17BrN2O/c1-8-5-6-12(10(14)7-8)16-13(17)9-3-2-4-11(9)15/h5-7,9,11H,2-4,15H2,1H3,(H,16,17). The van der Waals surface area contributed by atoms with Crippen molar-refractivity contribution in [3.63, 3.8) is 0 Å². The predicted octanol–water partition coefficient (Wildman–Crippen LogP) is 2.82. The highest BCUT2D eigenvalue weighted by Gasteiger charge is 2.30. The van der Waals surface area contributed by atoms with E-state index in [0.717, 1.165) is 35.0 Å². The molecule has 0 aromatic heterocycles. The highest BCUT2D eigenvalue weighted by atomic mass is 79.9. The summed E-state index contributed by atoms with van der Waals surface area (Å²) in [5.74, 6) is 0.00255. The zero-order valence-corrected chi connectivity index (χ0v) is 11.5. The van der Waals surface area contributed by atoms with E-state index in [1.165, 1.54) is 0 Å². The highest BCUT2D eigenvalue weighted by Crippen LogP contribution is 2.28. The second kappa shape index (κ2) is 5.19. The van der Waals surface area contributed by atoms with Crippen molar-refractivity contribution in [1.29, 1.82) is 0 Å². The first kappa shape index (κ1) is 12.6. The van der Waals surface area contributed by atoms with Gasteiger partial charge < -0.3 is 11.1 Å². The number of aryl methyl sites for hydroxylation is 1. The molecule has 0 radical (unpaired) electrons. The van der Waals surface area contributed by atoms with Gasteiger partial charge in [-0.05, 0) is 53.4 Å². The van der Waals surface area contributed by atoms with Crippen molar-refractivity contribution in [3.8, 4) is 0 Å². The Morgan fingerprint density at radius 1 is 1.47 bits per heavy atom. The maximum Gasteiger partial charge on any atom is 0.229 e. The summed E-state index contributed by atoms with van der Waals surface area (Å²) >= 11 is 3.45. The number of anilines is 1. The minimum atomic E-state index is -0.0387. The number of nitrogens with two attached hydrogens (primary N) is 1. The first-order valence-electron chi connectivity index (χ1n) is 5.90. The third-order valence-electron chi connectivity index (χ3n) is 3.29. The minimum absolute atomic E-state index is 0.0132. The van der Waals surface area contributed by atoms with Crippen LogP contribution in [0.5, 0.6) is 0 Å². The van der Waals surface area contributed by atoms with E-state index < -0.39 is 0 Å². The normalized spacial score (nSPS) is 23.7. The van der Waals surface area contributed by atoms with E-state index in [9.17, 15) is 4.79 Å². The number of benzene rings is 1. The lowest BCUT2D eigenvalue weighted by Gasteiger charge is -2.16. The molecule has 1 aromatic rings. The Morgan fingerprint density at radius 3 is 2.82 bits per heavy atom. The van der Waals surface area contributed by atoms with Crippen LogP contribution >= 0.6 is 15.9 Å². The molecule has 2 atom stereocenters. The molecule has 0 aliphatic heterocycles. The van der Waals surface area contributed by atoms with Crippen molar-refractivity contribution in [2.45, 2.75) is 32.2 Å². The van der Waals surface area contributed by atoms with Crippen molar-refractivity contribution in [3.05, 3.63) is 28.2 Å². The first-order valence-corrected chi connectivity index (χ1v) is 6.70. The Morgan fingerprint density at radius 2 is 2.24 bits per heavy atom. The summed E-state index contributed by atoms with van der Waals surface area (Å²) in [6.45, 7) is 2.02. The lowest BCUT2D eigenvalue weighted by atomic mass is 10.0. The Balaban J connectivity index is 2.07. The van der Waals surface area contributed by atoms with Gasteiger partial charge in [-0.25, -0.2) is 0 Å². The SMILES string of the molecule is Cc1ccc(NC(=O)C2CCCC2N)c(Br)c1. The van der Waals surface area contributed by atoms with Crippen LogP contribution in [0.1, 0.15) is 24.8 Å². The molecule has 2 rings (SSSR count). The second-order valence-electron chi connectivity index (χ2n) is 4.67. The van der Waals surface area contributed by atoms with Gasteiger partial charge in [0.15, 0.2) is 0 Å².